The minimum atomic E-state index is 0. The van der Waals surface area contributed by atoms with Crippen LogP contribution in [0.25, 0.3) is 0 Å². The van der Waals surface area contributed by atoms with Crippen molar-refractivity contribution in [2.24, 2.45) is 0 Å². The van der Waals surface area contributed by atoms with Crippen LogP contribution in [0, 0.1) is 0 Å². The van der Waals surface area contributed by atoms with Gasteiger partial charge in [0, 0.05) is 21.1 Å². The van der Waals surface area contributed by atoms with Gasteiger partial charge in [0.2, 0.25) is 0 Å². The van der Waals surface area contributed by atoms with Gasteiger partial charge in [0.25, 0.3) is 0 Å². The first-order valence-corrected chi connectivity index (χ1v) is 0. The Balaban J connectivity index is 0. The molecule has 46 valence electrons. The zero-order valence-electron chi connectivity index (χ0n) is 1.95. The molecule has 0 amide bonds. The minimum absolute atomic E-state index is 0. The van der Waals surface area contributed by atoms with Crippen LogP contribution >= 0.6 is 95.9 Å². The van der Waals surface area contributed by atoms with Crippen molar-refractivity contribution in [3.8, 4) is 0 Å². The van der Waals surface area contributed by atoms with Crippen LogP contribution < -0.4 is 0 Å². The summed E-state index contributed by atoms with van der Waals surface area (Å²) >= 11 is 0. The second kappa shape index (κ2) is 38.4. The molecule has 0 nitrogen and oxygen atoms in total. The van der Waals surface area contributed by atoms with E-state index in [0.29, 0.717) is 0 Å². The molecule has 0 fully saturated rings. The molecule has 0 aliphatic rings. The molecule has 0 spiro atoms. The summed E-state index contributed by atoms with van der Waals surface area (Å²) in [5.74, 6) is 0. The first-order chi connectivity index (χ1) is 0. The molecule has 0 saturated heterocycles. The SMILES string of the molecule is I.I.I.I.[KH].[KH].[Pt]. The van der Waals surface area contributed by atoms with E-state index < -0.39 is 0 Å². The number of hydrogen-bond acceptors (Lipinski definition) is 0. The molecular formula is H6I4K2Pt. The summed E-state index contributed by atoms with van der Waals surface area (Å²) in [6, 6.07) is 0. The maximum absolute atomic E-state index is 0. The van der Waals surface area contributed by atoms with Gasteiger partial charge in [-0.2, -0.15) is 0 Å². The molecule has 0 rings (SSSR count). The minimum Gasteiger partial charge on any atom is 0 e. The first-order valence-electron chi connectivity index (χ1n) is 0. The quantitative estimate of drug-likeness (QED) is 0.256. The molecule has 0 aromatic rings. The van der Waals surface area contributed by atoms with E-state index in [9.17, 15) is 0 Å². The van der Waals surface area contributed by atoms with Crippen LogP contribution in [0.15, 0.2) is 0 Å². The van der Waals surface area contributed by atoms with Gasteiger partial charge in [0.05, 0.1) is 0 Å². The fraction of sp³-hybridized carbons (Fsp3) is 0. The van der Waals surface area contributed by atoms with E-state index in [-0.39, 0.29) is 220 Å². The maximum Gasteiger partial charge on any atom is 0 e. The van der Waals surface area contributed by atoms with Gasteiger partial charge in [-0.05, 0) is 0 Å². The molecule has 0 atom stereocenters. The van der Waals surface area contributed by atoms with Crippen LogP contribution in [0.1, 0.15) is 0 Å². The normalized spacial score (nSPS) is 0. The molecule has 0 bridgehead atoms. The number of halogens is 4. The van der Waals surface area contributed by atoms with Crippen molar-refractivity contribution >= 4 is 199 Å². The molecule has 0 aliphatic carbocycles. The van der Waals surface area contributed by atoms with Gasteiger partial charge in [-0.15, -0.1) is 95.9 Å². The predicted molar refractivity (Wildman–Crippen MR) is 76.0 cm³/mol. The summed E-state index contributed by atoms with van der Waals surface area (Å²) in [6.45, 7) is 0. The Labute approximate surface area is 212 Å². The molecule has 0 aromatic heterocycles. The summed E-state index contributed by atoms with van der Waals surface area (Å²) in [7, 11) is 0. The van der Waals surface area contributed by atoms with Gasteiger partial charge in [-0.1, -0.05) is 0 Å². The van der Waals surface area contributed by atoms with E-state index in [1.165, 1.54) is 0 Å². The van der Waals surface area contributed by atoms with E-state index in [1.54, 1.807) is 0 Å². The van der Waals surface area contributed by atoms with Gasteiger partial charge in [-0.3, -0.25) is 0 Å². The molecule has 0 saturated carbocycles. The van der Waals surface area contributed by atoms with Crippen molar-refractivity contribution in [3.05, 3.63) is 0 Å². The monoisotopic (exact) mass is 787 g/mol. The molecule has 7 heavy (non-hydrogen) atoms. The summed E-state index contributed by atoms with van der Waals surface area (Å²) in [5.41, 5.74) is 0. The van der Waals surface area contributed by atoms with E-state index in [0.717, 1.165) is 0 Å². The maximum atomic E-state index is 0. The Bertz CT molecular complexity index is 9.65. The van der Waals surface area contributed by atoms with Crippen molar-refractivity contribution in [1.82, 2.24) is 0 Å². The third kappa shape index (κ3) is 32.2. The largest absolute Gasteiger partial charge is 0 e. The smallest absolute Gasteiger partial charge is 0 e. The van der Waals surface area contributed by atoms with Crippen molar-refractivity contribution in [3.63, 3.8) is 0 Å². The van der Waals surface area contributed by atoms with Crippen LogP contribution in [0.4, 0.5) is 0 Å². The van der Waals surface area contributed by atoms with Crippen LogP contribution in [0.2, 0.25) is 0 Å². The third-order valence-electron chi connectivity index (χ3n) is 0. The standard InChI is InChI=1S/4HI.2K.Pt.2H/h4*1H;;;;;. The summed E-state index contributed by atoms with van der Waals surface area (Å²) in [6.07, 6.45) is 0. The van der Waals surface area contributed by atoms with Crippen LogP contribution in [0.3, 0.4) is 0 Å². The Morgan fingerprint density at radius 3 is 0.429 bits per heavy atom. The zero-order valence-corrected chi connectivity index (χ0v) is 13.5. The molecule has 7 heteroatoms. The first kappa shape index (κ1) is 48.6. The molecule has 0 N–H and O–H groups in total. The Morgan fingerprint density at radius 1 is 0.429 bits per heavy atom. The predicted octanol–water partition coefficient (Wildman–Crippen LogP) is 1.17. The van der Waals surface area contributed by atoms with Gasteiger partial charge in [-0.25, -0.2) is 0 Å². The van der Waals surface area contributed by atoms with E-state index in [4.69, 9.17) is 0 Å². The topological polar surface area (TPSA) is 0 Å². The molecule has 0 heterocycles. The van der Waals surface area contributed by atoms with Crippen molar-refractivity contribution < 1.29 is 21.1 Å². The molecule has 0 aliphatic heterocycles. The zero-order chi connectivity index (χ0) is 0. The second-order valence-corrected chi connectivity index (χ2v) is 0. The number of hydrogen-bond donors (Lipinski definition) is 0. The van der Waals surface area contributed by atoms with E-state index in [1.807, 2.05) is 0 Å². The van der Waals surface area contributed by atoms with Crippen LogP contribution in [-0.2, 0) is 21.1 Å². The summed E-state index contributed by atoms with van der Waals surface area (Å²) < 4.78 is 0. The van der Waals surface area contributed by atoms with Gasteiger partial charge < -0.3 is 0 Å². The molecule has 0 aromatic carbocycles. The molecule has 0 radical (unpaired) electrons. The fourth-order valence-electron chi connectivity index (χ4n) is 0. The average molecular weight is 787 g/mol. The fourth-order valence-corrected chi connectivity index (χ4v) is 0. The summed E-state index contributed by atoms with van der Waals surface area (Å²) in [4.78, 5) is 0. The van der Waals surface area contributed by atoms with Gasteiger partial charge in [0.15, 0.2) is 0 Å². The Hall–Kier alpha value is 6.88. The molecule has 0 unspecified atom stereocenters. The van der Waals surface area contributed by atoms with Crippen molar-refractivity contribution in [2.75, 3.05) is 0 Å². The third-order valence-corrected chi connectivity index (χ3v) is 0. The van der Waals surface area contributed by atoms with Crippen molar-refractivity contribution in [1.29, 1.82) is 0 Å². The van der Waals surface area contributed by atoms with Gasteiger partial charge in [0.1, 0.15) is 0 Å². The summed E-state index contributed by atoms with van der Waals surface area (Å²) in [5, 5.41) is 0. The second-order valence-electron chi connectivity index (χ2n) is 0. The Kier molecular flexibility index (Phi) is 267. The van der Waals surface area contributed by atoms with Gasteiger partial charge >= 0.3 is 103 Å². The van der Waals surface area contributed by atoms with Crippen LogP contribution in [-0.4, -0.2) is 103 Å². The van der Waals surface area contributed by atoms with E-state index >= 15 is 0 Å². The van der Waals surface area contributed by atoms with E-state index in [2.05, 4.69) is 0 Å². The molecular weight excluding hydrogens is 781 g/mol. The van der Waals surface area contributed by atoms with Crippen molar-refractivity contribution in [2.45, 2.75) is 0 Å². The number of rotatable bonds is 0. The Morgan fingerprint density at radius 2 is 0.429 bits per heavy atom. The average Bonchev–Trinajstić information content (AvgIpc) is 0. The van der Waals surface area contributed by atoms with Crippen LogP contribution in [0.5, 0.6) is 0 Å².